The maximum atomic E-state index is 14.4. The van der Waals surface area contributed by atoms with Crippen molar-refractivity contribution < 1.29 is 41.0 Å². The van der Waals surface area contributed by atoms with E-state index in [9.17, 15) is 31.9 Å². The zero-order chi connectivity index (χ0) is 22.9. The van der Waals surface area contributed by atoms with Crippen molar-refractivity contribution in [2.24, 2.45) is 5.73 Å². The van der Waals surface area contributed by atoms with Gasteiger partial charge in [-0.05, 0) is 35.9 Å². The van der Waals surface area contributed by atoms with Crippen molar-refractivity contribution in [3.05, 3.63) is 70.3 Å². The van der Waals surface area contributed by atoms with E-state index in [2.05, 4.69) is 4.98 Å². The third kappa shape index (κ3) is 4.62. The van der Waals surface area contributed by atoms with Gasteiger partial charge in [-0.1, -0.05) is 12.1 Å². The second kappa shape index (κ2) is 8.52. The molecule has 164 valence electrons. The number of nitrogens with two attached hydrogens (primary N) is 1. The number of aromatic nitrogens is 1. The number of carbonyl (C=O) groups is 1. The number of hydrogen-bond acceptors (Lipinski definition) is 5. The van der Waals surface area contributed by atoms with Crippen LogP contribution < -0.4 is 10.5 Å². The molecule has 0 aliphatic carbocycles. The van der Waals surface area contributed by atoms with Crippen molar-refractivity contribution in [3.8, 4) is 17.0 Å². The van der Waals surface area contributed by atoms with Gasteiger partial charge in [-0.25, -0.2) is 13.8 Å². The molecule has 3 rings (SSSR count). The molecule has 12 heteroatoms. The fourth-order valence-corrected chi connectivity index (χ4v) is 2.85. The van der Waals surface area contributed by atoms with Crippen LogP contribution in [0, 0.1) is 11.6 Å². The summed E-state index contributed by atoms with van der Waals surface area (Å²) >= 11 is 5.96. The van der Waals surface area contributed by atoms with E-state index < -0.39 is 53.3 Å². The highest BCUT2D eigenvalue weighted by atomic mass is 35.5. The van der Waals surface area contributed by atoms with Crippen LogP contribution in [-0.2, 0) is 6.18 Å². The number of hydrogen-bond donors (Lipinski definition) is 2. The molecule has 1 aromatic heterocycles. The summed E-state index contributed by atoms with van der Waals surface area (Å²) in [4.78, 5) is 15.2. The Morgan fingerprint density at radius 2 is 1.84 bits per heavy atom. The molecule has 6 nitrogen and oxygen atoms in total. The Kier molecular flexibility index (Phi) is 6.18. The van der Waals surface area contributed by atoms with Crippen LogP contribution in [0.25, 0.3) is 11.3 Å². The van der Waals surface area contributed by atoms with Crippen molar-refractivity contribution in [2.45, 2.75) is 12.3 Å². The van der Waals surface area contributed by atoms with Gasteiger partial charge in [0.25, 0.3) is 5.91 Å². The molecule has 3 N–H and O–H groups in total. The fourth-order valence-electron chi connectivity index (χ4n) is 2.62. The second-order valence-corrected chi connectivity index (χ2v) is 6.48. The van der Waals surface area contributed by atoms with Crippen molar-refractivity contribution in [2.75, 3.05) is 6.61 Å². The molecule has 0 saturated heterocycles. The minimum absolute atomic E-state index is 0.0511. The smallest absolute Gasteiger partial charge is 0.416 e. The average molecular weight is 463 g/mol. The third-order valence-corrected chi connectivity index (χ3v) is 4.36. The van der Waals surface area contributed by atoms with Gasteiger partial charge in [0.15, 0.2) is 17.7 Å². The van der Waals surface area contributed by atoms with Crippen molar-refractivity contribution in [1.82, 2.24) is 4.98 Å². The molecule has 1 atom stereocenters. The van der Waals surface area contributed by atoms with E-state index in [4.69, 9.17) is 26.5 Å². The van der Waals surface area contributed by atoms with Crippen molar-refractivity contribution in [3.63, 3.8) is 0 Å². The van der Waals surface area contributed by atoms with E-state index >= 15 is 0 Å². The lowest BCUT2D eigenvalue weighted by Crippen LogP contribution is -2.18. The highest BCUT2D eigenvalue weighted by Gasteiger charge is 2.31. The molecule has 31 heavy (non-hydrogen) atoms. The molecule has 1 amide bonds. The highest BCUT2D eigenvalue weighted by Crippen LogP contribution is 2.35. The molecule has 0 fully saturated rings. The first-order valence-electron chi connectivity index (χ1n) is 8.42. The van der Waals surface area contributed by atoms with Gasteiger partial charge in [0, 0.05) is 5.56 Å². The molecule has 2 aromatic carbocycles. The topological polar surface area (TPSA) is 98.6 Å². The summed E-state index contributed by atoms with van der Waals surface area (Å²) in [5.74, 6) is -4.94. The number of aliphatic hydroxyl groups is 1. The maximum Gasteiger partial charge on any atom is 0.416 e. The van der Waals surface area contributed by atoms with Crippen LogP contribution in [0.15, 0.2) is 40.8 Å². The molecule has 0 aliphatic rings. The number of primary amides is 1. The summed E-state index contributed by atoms with van der Waals surface area (Å²) in [5, 5.41) is 9.26. The summed E-state index contributed by atoms with van der Waals surface area (Å²) < 4.78 is 76.5. The number of oxazole rings is 1. The van der Waals surface area contributed by atoms with Crippen LogP contribution in [0.4, 0.5) is 22.0 Å². The fraction of sp³-hybridized carbons (Fsp3) is 0.158. The van der Waals surface area contributed by atoms with Gasteiger partial charge in [-0.15, -0.1) is 0 Å². The monoisotopic (exact) mass is 462 g/mol. The van der Waals surface area contributed by atoms with E-state index in [1.807, 2.05) is 0 Å². The van der Waals surface area contributed by atoms with Crippen LogP contribution in [0.3, 0.4) is 0 Å². The number of halogens is 6. The summed E-state index contributed by atoms with van der Waals surface area (Å²) in [6.07, 6.45) is -5.97. The Morgan fingerprint density at radius 1 is 1.19 bits per heavy atom. The van der Waals surface area contributed by atoms with Crippen molar-refractivity contribution in [1.29, 1.82) is 0 Å². The first-order valence-corrected chi connectivity index (χ1v) is 8.80. The van der Waals surface area contributed by atoms with Gasteiger partial charge in [0.05, 0.1) is 12.2 Å². The minimum atomic E-state index is -4.53. The number of aliphatic hydroxyl groups excluding tert-OH is 1. The van der Waals surface area contributed by atoms with Crippen LogP contribution in [0.1, 0.15) is 27.9 Å². The lowest BCUT2D eigenvalue weighted by atomic mass is 10.1. The molecule has 1 heterocycles. The number of rotatable bonds is 6. The van der Waals surface area contributed by atoms with Gasteiger partial charge in [0.2, 0.25) is 11.1 Å². The molecule has 0 bridgehead atoms. The molecule has 0 aliphatic heterocycles. The van der Waals surface area contributed by atoms with Gasteiger partial charge in [0.1, 0.15) is 17.1 Å². The largest absolute Gasteiger partial charge is 0.475 e. The van der Waals surface area contributed by atoms with Crippen LogP contribution in [-0.4, -0.2) is 22.6 Å². The molecular formula is C19H12ClF5N2O4. The predicted molar refractivity (Wildman–Crippen MR) is 97.3 cm³/mol. The second-order valence-electron chi connectivity index (χ2n) is 6.14. The summed E-state index contributed by atoms with van der Waals surface area (Å²) in [7, 11) is 0. The minimum Gasteiger partial charge on any atom is -0.475 e. The lowest BCUT2D eigenvalue weighted by Gasteiger charge is -2.15. The first kappa shape index (κ1) is 22.5. The molecule has 0 radical (unpaired) electrons. The Bertz CT molecular complexity index is 1120. The SMILES string of the molecule is NC(=O)c1c(F)ccc(OC(CO)c2nc(-c3ccc(C(F)(F)F)cc3)c(Cl)o2)c1F. The molecule has 0 saturated carbocycles. The summed E-state index contributed by atoms with van der Waals surface area (Å²) in [6.45, 7) is -0.800. The van der Waals surface area contributed by atoms with E-state index in [1.54, 1.807) is 0 Å². The zero-order valence-electron chi connectivity index (χ0n) is 15.2. The normalized spacial score (nSPS) is 12.6. The standard InChI is InChI=1S/C19H12ClF5N2O4/c20-16-15(8-1-3-9(4-2-8)19(23,24)25)27-18(31-16)12(7-28)30-11-6-5-10(21)13(14(11)22)17(26)29/h1-6,12,28H,7H2,(H2,26,29). The van der Waals surface area contributed by atoms with Crippen LogP contribution in [0.5, 0.6) is 5.75 Å². The van der Waals surface area contributed by atoms with Gasteiger partial charge in [-0.2, -0.15) is 13.2 Å². The van der Waals surface area contributed by atoms with E-state index in [1.165, 1.54) is 0 Å². The number of carbonyl (C=O) groups excluding carboxylic acids is 1. The zero-order valence-corrected chi connectivity index (χ0v) is 16.0. The van der Waals surface area contributed by atoms with E-state index in [0.29, 0.717) is 0 Å². The van der Waals surface area contributed by atoms with Gasteiger partial charge in [-0.3, -0.25) is 4.79 Å². The number of alkyl halides is 3. The molecule has 1 unspecified atom stereocenters. The van der Waals surface area contributed by atoms with Crippen LogP contribution in [0.2, 0.25) is 5.22 Å². The molecule has 0 spiro atoms. The maximum absolute atomic E-state index is 14.4. The van der Waals surface area contributed by atoms with E-state index in [0.717, 1.165) is 36.4 Å². The molecule has 3 aromatic rings. The van der Waals surface area contributed by atoms with Crippen LogP contribution >= 0.6 is 11.6 Å². The Hall–Kier alpha value is -3.18. The summed E-state index contributed by atoms with van der Waals surface area (Å²) in [5.41, 5.74) is 3.14. The number of benzene rings is 2. The number of nitrogens with zero attached hydrogens (tertiary/aromatic N) is 1. The highest BCUT2D eigenvalue weighted by molar-refractivity contribution is 6.31. The predicted octanol–water partition coefficient (Wildman–Crippen LogP) is 4.50. The number of ether oxygens (including phenoxy) is 1. The van der Waals surface area contributed by atoms with Crippen molar-refractivity contribution >= 4 is 17.5 Å². The Balaban J connectivity index is 1.91. The third-order valence-electron chi connectivity index (χ3n) is 4.10. The lowest BCUT2D eigenvalue weighted by molar-refractivity contribution is -0.137. The first-order chi connectivity index (χ1) is 14.5. The Morgan fingerprint density at radius 3 is 2.39 bits per heavy atom. The number of amides is 1. The summed E-state index contributed by atoms with van der Waals surface area (Å²) in [6, 6.07) is 5.47. The van der Waals surface area contributed by atoms with Gasteiger partial charge < -0.3 is 20.0 Å². The van der Waals surface area contributed by atoms with Gasteiger partial charge >= 0.3 is 6.18 Å². The average Bonchev–Trinajstić information content (AvgIpc) is 3.08. The molecular weight excluding hydrogens is 451 g/mol. The Labute approximate surface area is 176 Å². The quantitative estimate of drug-likeness (QED) is 0.525. The van der Waals surface area contributed by atoms with E-state index in [-0.39, 0.29) is 22.4 Å².